The van der Waals surface area contributed by atoms with Crippen LogP contribution in [0.25, 0.3) is 22.1 Å². The Balaban J connectivity index is 1.89. The highest BCUT2D eigenvalue weighted by molar-refractivity contribution is 6.08. The molecule has 0 fully saturated rings. The van der Waals surface area contributed by atoms with E-state index in [1.807, 2.05) is 0 Å². The summed E-state index contributed by atoms with van der Waals surface area (Å²) in [4.78, 5) is 17.1. The molecule has 4 aromatic rings. The van der Waals surface area contributed by atoms with Gasteiger partial charge in [0.15, 0.2) is 17.3 Å². The molecule has 0 amide bonds. The lowest BCUT2D eigenvalue weighted by atomic mass is 10.1. The van der Waals surface area contributed by atoms with Gasteiger partial charge in [0.05, 0.1) is 16.9 Å². The second-order valence-corrected chi connectivity index (χ2v) is 6.50. The molecule has 9 heteroatoms. The number of hydrogen-bond acceptors (Lipinski definition) is 6. The standard InChI is InChI=1S/C20H18FN7O/c1-12(27-7-5-17-15(20(27)29)4-3-6-24-17)18-25-26-19-16(21)8-13(11-28(18)19)14(9-22)10-23-2/h3-12,22-23H,1-2H3/b14-10+,22-9?. The van der Waals surface area contributed by atoms with Crippen LogP contribution in [0.3, 0.4) is 0 Å². The SMILES string of the molecule is CN/C=C(\C=N)c1cc(F)c2nnc(C(C)n3ccc4ncccc4c3=O)n2c1. The van der Waals surface area contributed by atoms with Crippen LogP contribution in [0.4, 0.5) is 4.39 Å². The zero-order chi connectivity index (χ0) is 20.5. The summed E-state index contributed by atoms with van der Waals surface area (Å²) in [6.45, 7) is 1.80. The molecule has 0 aliphatic rings. The Kier molecular flexibility index (Phi) is 4.63. The maximum atomic E-state index is 14.6. The van der Waals surface area contributed by atoms with E-state index in [0.717, 1.165) is 6.21 Å². The Morgan fingerprint density at radius 2 is 2.17 bits per heavy atom. The fourth-order valence-corrected chi connectivity index (χ4v) is 3.30. The Morgan fingerprint density at radius 3 is 2.93 bits per heavy atom. The summed E-state index contributed by atoms with van der Waals surface area (Å²) in [6.07, 6.45) is 7.67. The lowest BCUT2D eigenvalue weighted by Gasteiger charge is -2.15. The van der Waals surface area contributed by atoms with Gasteiger partial charge in [-0.3, -0.25) is 14.2 Å². The van der Waals surface area contributed by atoms with Crippen molar-refractivity contribution in [2.75, 3.05) is 7.05 Å². The lowest BCUT2D eigenvalue weighted by molar-refractivity contribution is 0.575. The predicted octanol–water partition coefficient (Wildman–Crippen LogP) is 2.40. The Hall–Kier alpha value is -3.88. The fourth-order valence-electron chi connectivity index (χ4n) is 3.30. The molecule has 2 N–H and O–H groups in total. The molecule has 4 aromatic heterocycles. The van der Waals surface area contributed by atoms with Crippen LogP contribution in [0.1, 0.15) is 24.4 Å². The molecular weight excluding hydrogens is 373 g/mol. The van der Waals surface area contributed by atoms with Gasteiger partial charge < -0.3 is 15.3 Å². The summed E-state index contributed by atoms with van der Waals surface area (Å²) < 4.78 is 17.7. The van der Waals surface area contributed by atoms with Gasteiger partial charge in [-0.05, 0) is 31.2 Å². The van der Waals surface area contributed by atoms with E-state index in [9.17, 15) is 9.18 Å². The first-order valence-electron chi connectivity index (χ1n) is 8.93. The summed E-state index contributed by atoms with van der Waals surface area (Å²) in [5, 5.41) is 19.0. The second kappa shape index (κ2) is 7.27. The molecule has 0 bridgehead atoms. The van der Waals surface area contributed by atoms with Crippen LogP contribution in [-0.4, -0.2) is 37.4 Å². The van der Waals surface area contributed by atoms with E-state index >= 15 is 0 Å². The molecule has 146 valence electrons. The van der Waals surface area contributed by atoms with E-state index in [4.69, 9.17) is 5.41 Å². The number of hydrogen-bond donors (Lipinski definition) is 2. The minimum atomic E-state index is -0.563. The predicted molar refractivity (Wildman–Crippen MR) is 109 cm³/mol. The number of aromatic nitrogens is 5. The molecule has 1 unspecified atom stereocenters. The zero-order valence-electron chi connectivity index (χ0n) is 15.8. The van der Waals surface area contributed by atoms with Crippen molar-refractivity contribution in [3.8, 4) is 0 Å². The van der Waals surface area contributed by atoms with Crippen molar-refractivity contribution in [2.24, 2.45) is 0 Å². The largest absolute Gasteiger partial charge is 0.393 e. The molecule has 0 aliphatic carbocycles. The van der Waals surface area contributed by atoms with Crippen molar-refractivity contribution in [1.82, 2.24) is 29.5 Å². The van der Waals surface area contributed by atoms with Gasteiger partial charge in [0.25, 0.3) is 5.56 Å². The van der Waals surface area contributed by atoms with Gasteiger partial charge in [-0.2, -0.15) is 0 Å². The van der Waals surface area contributed by atoms with Crippen LogP contribution in [0.15, 0.2) is 53.9 Å². The van der Waals surface area contributed by atoms with E-state index in [2.05, 4.69) is 20.5 Å². The first kappa shape index (κ1) is 18.5. The number of halogens is 1. The molecular formula is C20H18FN7O. The van der Waals surface area contributed by atoms with Crippen molar-refractivity contribution >= 4 is 28.3 Å². The van der Waals surface area contributed by atoms with Crippen molar-refractivity contribution in [3.63, 3.8) is 0 Å². The molecule has 29 heavy (non-hydrogen) atoms. The van der Waals surface area contributed by atoms with E-state index in [1.165, 1.54) is 15.0 Å². The van der Waals surface area contributed by atoms with Crippen molar-refractivity contribution in [3.05, 3.63) is 76.6 Å². The Bertz CT molecular complexity index is 1320. The molecule has 0 aliphatic heterocycles. The average Bonchev–Trinajstić information content (AvgIpc) is 3.16. The number of allylic oxidation sites excluding steroid dienone is 1. The molecule has 4 rings (SSSR count). The molecule has 8 nitrogen and oxygen atoms in total. The highest BCUT2D eigenvalue weighted by atomic mass is 19.1. The average molecular weight is 391 g/mol. The first-order valence-corrected chi connectivity index (χ1v) is 8.93. The molecule has 0 saturated heterocycles. The highest BCUT2D eigenvalue weighted by Gasteiger charge is 2.20. The Labute approximate surface area is 164 Å². The topological polar surface area (TPSA) is 101 Å². The van der Waals surface area contributed by atoms with Gasteiger partial charge in [-0.1, -0.05) is 0 Å². The van der Waals surface area contributed by atoms with Gasteiger partial charge in [0.2, 0.25) is 0 Å². The summed E-state index contributed by atoms with van der Waals surface area (Å²) >= 11 is 0. The van der Waals surface area contributed by atoms with Crippen LogP contribution in [0.2, 0.25) is 0 Å². The van der Waals surface area contributed by atoms with E-state index in [0.29, 0.717) is 27.9 Å². The van der Waals surface area contributed by atoms with Crippen molar-refractivity contribution < 1.29 is 4.39 Å². The van der Waals surface area contributed by atoms with Gasteiger partial charge in [-0.25, -0.2) is 4.39 Å². The van der Waals surface area contributed by atoms with E-state index in [-0.39, 0.29) is 11.2 Å². The summed E-state index contributed by atoms with van der Waals surface area (Å²) in [7, 11) is 1.70. The highest BCUT2D eigenvalue weighted by Crippen LogP contribution is 2.22. The van der Waals surface area contributed by atoms with E-state index < -0.39 is 11.9 Å². The van der Waals surface area contributed by atoms with Crippen LogP contribution in [0.5, 0.6) is 0 Å². The fraction of sp³-hybridized carbons (Fsp3) is 0.150. The van der Waals surface area contributed by atoms with Crippen LogP contribution >= 0.6 is 0 Å². The van der Waals surface area contributed by atoms with Crippen molar-refractivity contribution in [2.45, 2.75) is 13.0 Å². The zero-order valence-corrected chi connectivity index (χ0v) is 15.8. The molecule has 0 spiro atoms. The number of fused-ring (bicyclic) bond motifs is 2. The van der Waals surface area contributed by atoms with Gasteiger partial charge in [0, 0.05) is 49.2 Å². The van der Waals surface area contributed by atoms with Gasteiger partial charge >= 0.3 is 0 Å². The molecule has 0 aromatic carbocycles. The minimum absolute atomic E-state index is 0.0555. The Morgan fingerprint density at radius 1 is 1.34 bits per heavy atom. The minimum Gasteiger partial charge on any atom is -0.393 e. The summed E-state index contributed by atoms with van der Waals surface area (Å²) in [5.41, 5.74) is 1.43. The van der Waals surface area contributed by atoms with Crippen LogP contribution < -0.4 is 10.9 Å². The van der Waals surface area contributed by atoms with Crippen LogP contribution in [-0.2, 0) is 0 Å². The maximum absolute atomic E-state index is 14.6. The first-order chi connectivity index (χ1) is 14.0. The quantitative estimate of drug-likeness (QED) is 0.509. The molecule has 0 radical (unpaired) electrons. The smallest absolute Gasteiger partial charge is 0.260 e. The second-order valence-electron chi connectivity index (χ2n) is 6.50. The van der Waals surface area contributed by atoms with E-state index in [1.54, 1.807) is 57.0 Å². The molecule has 0 saturated carbocycles. The van der Waals surface area contributed by atoms with Gasteiger partial charge in [0.1, 0.15) is 0 Å². The normalized spacial score (nSPS) is 13.0. The summed E-state index contributed by atoms with van der Waals surface area (Å²) in [5.74, 6) is -0.160. The van der Waals surface area contributed by atoms with Crippen LogP contribution in [0, 0.1) is 11.2 Å². The van der Waals surface area contributed by atoms with Gasteiger partial charge in [-0.15, -0.1) is 10.2 Å². The van der Waals surface area contributed by atoms with Crippen molar-refractivity contribution in [1.29, 1.82) is 5.41 Å². The number of pyridine rings is 3. The summed E-state index contributed by atoms with van der Waals surface area (Å²) in [6, 6.07) is 5.98. The monoisotopic (exact) mass is 391 g/mol. The lowest BCUT2D eigenvalue weighted by Crippen LogP contribution is -2.25. The third kappa shape index (κ3) is 3.06. The molecule has 1 atom stereocenters. The number of rotatable bonds is 5. The number of nitrogens with one attached hydrogen (secondary N) is 2. The maximum Gasteiger partial charge on any atom is 0.260 e. The number of nitrogens with zero attached hydrogens (tertiary/aromatic N) is 5. The third-order valence-electron chi connectivity index (χ3n) is 4.76. The molecule has 4 heterocycles. The third-order valence-corrected chi connectivity index (χ3v) is 4.76.